The molecular weight excluding hydrogens is 344 g/mol. The highest BCUT2D eigenvalue weighted by molar-refractivity contribution is 5.94. The maximum Gasteiger partial charge on any atom is 0.254 e. The van der Waals surface area contributed by atoms with E-state index in [1.165, 1.54) is 0 Å². The highest BCUT2D eigenvalue weighted by Gasteiger charge is 2.35. The van der Waals surface area contributed by atoms with Gasteiger partial charge in [0.25, 0.3) is 5.91 Å². The van der Waals surface area contributed by atoms with Gasteiger partial charge in [-0.25, -0.2) is 0 Å². The molecule has 0 unspecified atom stereocenters. The van der Waals surface area contributed by atoms with Crippen LogP contribution >= 0.6 is 0 Å². The summed E-state index contributed by atoms with van der Waals surface area (Å²) in [7, 11) is 1.58. The molecule has 144 valence electrons. The first-order valence-corrected chi connectivity index (χ1v) is 9.43. The first-order valence-electron chi connectivity index (χ1n) is 9.43. The molecule has 7 heteroatoms. The SMILES string of the molecule is COc1cccc(C(=O)N2CCN(CC(=O)NC3(C#N)CCCC3)CC2)c1. The fourth-order valence-corrected chi connectivity index (χ4v) is 3.80. The van der Waals surface area contributed by atoms with Crippen molar-refractivity contribution in [2.75, 3.05) is 39.8 Å². The number of methoxy groups -OCH3 is 1. The van der Waals surface area contributed by atoms with Gasteiger partial charge in [-0.1, -0.05) is 6.07 Å². The summed E-state index contributed by atoms with van der Waals surface area (Å²) in [6.45, 7) is 2.70. The van der Waals surface area contributed by atoms with E-state index in [1.54, 1.807) is 30.2 Å². The Bertz CT molecular complexity index is 729. The van der Waals surface area contributed by atoms with Crippen LogP contribution in [0.25, 0.3) is 0 Å². The van der Waals surface area contributed by atoms with Gasteiger partial charge < -0.3 is 15.0 Å². The van der Waals surface area contributed by atoms with Crippen molar-refractivity contribution >= 4 is 11.8 Å². The van der Waals surface area contributed by atoms with Crippen molar-refractivity contribution in [2.24, 2.45) is 0 Å². The van der Waals surface area contributed by atoms with Gasteiger partial charge in [0, 0.05) is 31.7 Å². The van der Waals surface area contributed by atoms with Gasteiger partial charge >= 0.3 is 0 Å². The van der Waals surface area contributed by atoms with Crippen molar-refractivity contribution < 1.29 is 14.3 Å². The minimum absolute atomic E-state index is 0.0209. The van der Waals surface area contributed by atoms with Crippen molar-refractivity contribution in [3.05, 3.63) is 29.8 Å². The first-order chi connectivity index (χ1) is 13.0. The normalized spacial score (nSPS) is 19.3. The lowest BCUT2D eigenvalue weighted by Crippen LogP contribution is -2.53. The molecule has 27 heavy (non-hydrogen) atoms. The van der Waals surface area contributed by atoms with E-state index in [4.69, 9.17) is 4.74 Å². The lowest BCUT2D eigenvalue weighted by Gasteiger charge is -2.35. The van der Waals surface area contributed by atoms with E-state index in [1.807, 2.05) is 11.0 Å². The van der Waals surface area contributed by atoms with Crippen LogP contribution in [0.1, 0.15) is 36.0 Å². The molecule has 1 aromatic carbocycles. The first kappa shape index (κ1) is 19.2. The molecule has 3 rings (SSSR count). The molecule has 1 saturated carbocycles. The van der Waals surface area contributed by atoms with E-state index in [9.17, 15) is 14.9 Å². The van der Waals surface area contributed by atoms with Crippen LogP contribution in [0.15, 0.2) is 24.3 Å². The van der Waals surface area contributed by atoms with Gasteiger partial charge in [0.15, 0.2) is 0 Å². The molecular formula is C20H26N4O3. The number of ether oxygens (including phenoxy) is 1. The third-order valence-corrected chi connectivity index (χ3v) is 5.39. The average molecular weight is 370 g/mol. The van der Waals surface area contributed by atoms with Gasteiger partial charge in [-0.05, 0) is 43.9 Å². The van der Waals surface area contributed by atoms with Gasteiger partial charge in [0.1, 0.15) is 11.3 Å². The number of benzene rings is 1. The van der Waals surface area contributed by atoms with Crippen LogP contribution < -0.4 is 10.1 Å². The zero-order valence-corrected chi connectivity index (χ0v) is 15.7. The molecule has 0 bridgehead atoms. The molecule has 1 aromatic rings. The molecule has 2 amide bonds. The van der Waals surface area contributed by atoms with E-state index >= 15 is 0 Å². The Morgan fingerprint density at radius 2 is 1.93 bits per heavy atom. The second-order valence-electron chi connectivity index (χ2n) is 7.25. The monoisotopic (exact) mass is 370 g/mol. The predicted molar refractivity (Wildman–Crippen MR) is 100 cm³/mol. The van der Waals surface area contributed by atoms with Crippen LogP contribution in [0.2, 0.25) is 0 Å². The average Bonchev–Trinajstić information content (AvgIpc) is 3.17. The van der Waals surface area contributed by atoms with Crippen LogP contribution in [-0.4, -0.2) is 67.0 Å². The molecule has 0 radical (unpaired) electrons. The zero-order valence-electron chi connectivity index (χ0n) is 15.7. The number of rotatable bonds is 5. The second-order valence-corrected chi connectivity index (χ2v) is 7.25. The molecule has 0 spiro atoms. The number of carbonyl (C=O) groups excluding carboxylic acids is 2. The third-order valence-electron chi connectivity index (χ3n) is 5.39. The summed E-state index contributed by atoms with van der Waals surface area (Å²) in [5, 5.41) is 12.3. The zero-order chi connectivity index (χ0) is 19.3. The lowest BCUT2D eigenvalue weighted by atomic mass is 10.00. The fraction of sp³-hybridized carbons (Fsp3) is 0.550. The second kappa shape index (κ2) is 8.40. The Kier molecular flexibility index (Phi) is 5.97. The number of hydrogen-bond donors (Lipinski definition) is 1. The Morgan fingerprint density at radius 1 is 1.22 bits per heavy atom. The third kappa shape index (κ3) is 4.58. The summed E-state index contributed by atoms with van der Waals surface area (Å²) < 4.78 is 5.18. The molecule has 2 fully saturated rings. The quantitative estimate of drug-likeness (QED) is 0.847. The molecule has 1 aliphatic carbocycles. The maximum absolute atomic E-state index is 12.6. The van der Waals surface area contributed by atoms with Crippen LogP contribution in [0.4, 0.5) is 0 Å². The van der Waals surface area contributed by atoms with E-state index in [0.717, 1.165) is 25.7 Å². The summed E-state index contributed by atoms with van der Waals surface area (Å²) in [4.78, 5) is 28.8. The van der Waals surface area contributed by atoms with Crippen LogP contribution in [0.5, 0.6) is 5.75 Å². The number of piperazine rings is 1. The topological polar surface area (TPSA) is 85.7 Å². The number of nitrogens with one attached hydrogen (secondary N) is 1. The predicted octanol–water partition coefficient (Wildman–Crippen LogP) is 1.41. The summed E-state index contributed by atoms with van der Waals surface area (Å²) in [5.41, 5.74) is -0.0703. The van der Waals surface area contributed by atoms with Crippen LogP contribution in [-0.2, 0) is 4.79 Å². The van der Waals surface area contributed by atoms with E-state index in [0.29, 0.717) is 37.5 Å². The van der Waals surface area contributed by atoms with Gasteiger partial charge in [-0.2, -0.15) is 5.26 Å². The molecule has 2 aliphatic rings. The van der Waals surface area contributed by atoms with Gasteiger partial charge in [0.2, 0.25) is 5.91 Å². The summed E-state index contributed by atoms with van der Waals surface area (Å²) in [5.74, 6) is 0.535. The Hall–Kier alpha value is -2.59. The highest BCUT2D eigenvalue weighted by Crippen LogP contribution is 2.28. The van der Waals surface area contributed by atoms with Crippen LogP contribution in [0, 0.1) is 11.3 Å². The molecule has 0 atom stereocenters. The highest BCUT2D eigenvalue weighted by atomic mass is 16.5. The minimum atomic E-state index is -0.679. The van der Waals surface area contributed by atoms with E-state index < -0.39 is 5.54 Å². The van der Waals surface area contributed by atoms with Crippen LogP contribution in [0.3, 0.4) is 0 Å². The summed E-state index contributed by atoms with van der Waals surface area (Å²) in [6.07, 6.45) is 3.44. The fourth-order valence-electron chi connectivity index (χ4n) is 3.80. The smallest absolute Gasteiger partial charge is 0.254 e. The van der Waals surface area contributed by atoms with Crippen molar-refractivity contribution in [1.29, 1.82) is 5.26 Å². The number of nitriles is 1. The number of nitrogens with zero attached hydrogens (tertiary/aromatic N) is 3. The van der Waals surface area contributed by atoms with Crippen molar-refractivity contribution in [2.45, 2.75) is 31.2 Å². The molecule has 1 saturated heterocycles. The molecule has 0 aromatic heterocycles. The van der Waals surface area contributed by atoms with Crippen molar-refractivity contribution in [3.8, 4) is 11.8 Å². The number of hydrogen-bond acceptors (Lipinski definition) is 5. The largest absolute Gasteiger partial charge is 0.497 e. The minimum Gasteiger partial charge on any atom is -0.497 e. The summed E-state index contributed by atoms with van der Waals surface area (Å²) in [6, 6.07) is 9.43. The molecule has 1 aliphatic heterocycles. The Balaban J connectivity index is 1.49. The van der Waals surface area contributed by atoms with Gasteiger partial charge in [-0.3, -0.25) is 14.5 Å². The van der Waals surface area contributed by atoms with E-state index in [2.05, 4.69) is 11.4 Å². The number of carbonyl (C=O) groups is 2. The summed E-state index contributed by atoms with van der Waals surface area (Å²) >= 11 is 0. The molecule has 1 heterocycles. The molecule has 1 N–H and O–H groups in total. The Morgan fingerprint density at radius 3 is 2.56 bits per heavy atom. The van der Waals surface area contributed by atoms with Crippen molar-refractivity contribution in [1.82, 2.24) is 15.1 Å². The van der Waals surface area contributed by atoms with Crippen molar-refractivity contribution in [3.63, 3.8) is 0 Å². The standard InChI is InChI=1S/C20H26N4O3/c1-27-17-6-4-5-16(13-17)19(26)24-11-9-23(10-12-24)14-18(25)22-20(15-21)7-2-3-8-20/h4-6,13H,2-3,7-12,14H2,1H3,(H,22,25). The Labute approximate surface area is 159 Å². The van der Waals surface area contributed by atoms with E-state index in [-0.39, 0.29) is 18.4 Å². The van der Waals surface area contributed by atoms with Gasteiger partial charge in [-0.15, -0.1) is 0 Å². The number of amides is 2. The lowest BCUT2D eigenvalue weighted by molar-refractivity contribution is -0.123. The maximum atomic E-state index is 12.6. The van der Waals surface area contributed by atoms with Gasteiger partial charge in [0.05, 0.1) is 19.7 Å². The molecule has 7 nitrogen and oxygen atoms in total.